The number of hydrogen-bond donors (Lipinski definition) is 1. The maximum absolute atomic E-state index is 6.14. The quantitative estimate of drug-likeness (QED) is 0.778. The van der Waals surface area contributed by atoms with Gasteiger partial charge in [-0.15, -0.1) is 12.4 Å². The highest BCUT2D eigenvalue weighted by Gasteiger charge is 2.13. The van der Waals surface area contributed by atoms with Gasteiger partial charge in [0.2, 0.25) is 0 Å². The molecule has 3 nitrogen and oxygen atoms in total. The number of hydrogen-bond acceptors (Lipinski definition) is 2. The third-order valence-corrected chi connectivity index (χ3v) is 3.89. The molecule has 0 aliphatic rings. The summed E-state index contributed by atoms with van der Waals surface area (Å²) in [6, 6.07) is 19.0. The molecule has 2 aromatic carbocycles. The predicted octanol–water partition coefficient (Wildman–Crippen LogP) is 3.79. The van der Waals surface area contributed by atoms with E-state index in [2.05, 4.69) is 54.0 Å². The lowest BCUT2D eigenvalue weighted by Crippen LogP contribution is -2.23. The van der Waals surface area contributed by atoms with E-state index in [4.69, 9.17) is 10.7 Å². The van der Waals surface area contributed by atoms with Crippen LogP contribution in [0.25, 0.3) is 11.0 Å². The highest BCUT2D eigenvalue weighted by Crippen LogP contribution is 2.19. The Bertz CT molecular complexity index is 722. The highest BCUT2D eigenvalue weighted by atomic mass is 35.5. The minimum Gasteiger partial charge on any atom is -0.327 e. The van der Waals surface area contributed by atoms with Crippen molar-refractivity contribution in [1.82, 2.24) is 9.55 Å². The fourth-order valence-corrected chi connectivity index (χ4v) is 2.60. The molecule has 1 aromatic heterocycles. The molecule has 0 aliphatic heterocycles. The molecule has 3 rings (SSSR count). The molecule has 4 heteroatoms. The van der Waals surface area contributed by atoms with E-state index in [0.29, 0.717) is 0 Å². The zero-order valence-corrected chi connectivity index (χ0v) is 13.6. The van der Waals surface area contributed by atoms with Gasteiger partial charge in [0.15, 0.2) is 0 Å². The second-order valence-corrected chi connectivity index (χ2v) is 5.46. The van der Waals surface area contributed by atoms with Gasteiger partial charge in [0.05, 0.1) is 11.0 Å². The maximum atomic E-state index is 6.14. The van der Waals surface area contributed by atoms with Crippen molar-refractivity contribution < 1.29 is 0 Å². The first-order valence-electron chi connectivity index (χ1n) is 7.51. The minimum atomic E-state index is 0. The van der Waals surface area contributed by atoms with Gasteiger partial charge in [0.25, 0.3) is 0 Å². The zero-order valence-electron chi connectivity index (χ0n) is 12.8. The Labute approximate surface area is 137 Å². The SMILES string of the molecule is CCC(N)Cc1nc2ccccc2n1Cc1ccccc1.Cl. The second kappa shape index (κ2) is 7.43. The molecule has 2 N–H and O–H groups in total. The number of halogens is 1. The van der Waals surface area contributed by atoms with Gasteiger partial charge >= 0.3 is 0 Å². The summed E-state index contributed by atoms with van der Waals surface area (Å²) in [5.41, 5.74) is 9.65. The summed E-state index contributed by atoms with van der Waals surface area (Å²) in [7, 11) is 0. The predicted molar refractivity (Wildman–Crippen MR) is 94.5 cm³/mol. The number of para-hydroxylation sites is 2. The summed E-state index contributed by atoms with van der Waals surface area (Å²) in [4.78, 5) is 4.78. The van der Waals surface area contributed by atoms with Crippen LogP contribution in [-0.2, 0) is 13.0 Å². The van der Waals surface area contributed by atoms with Gasteiger partial charge in [0, 0.05) is 19.0 Å². The third kappa shape index (κ3) is 3.49. The first kappa shape index (κ1) is 16.5. The number of benzene rings is 2. The molecule has 116 valence electrons. The van der Waals surface area contributed by atoms with Crippen LogP contribution < -0.4 is 5.73 Å². The maximum Gasteiger partial charge on any atom is 0.111 e. The smallest absolute Gasteiger partial charge is 0.111 e. The van der Waals surface area contributed by atoms with E-state index in [1.807, 2.05) is 12.1 Å². The second-order valence-electron chi connectivity index (χ2n) is 5.46. The van der Waals surface area contributed by atoms with Crippen molar-refractivity contribution in [3.63, 3.8) is 0 Å². The number of fused-ring (bicyclic) bond motifs is 1. The van der Waals surface area contributed by atoms with Crippen molar-refractivity contribution in [1.29, 1.82) is 0 Å². The summed E-state index contributed by atoms with van der Waals surface area (Å²) in [5.74, 6) is 1.08. The first-order chi connectivity index (χ1) is 10.3. The van der Waals surface area contributed by atoms with Gasteiger partial charge in [-0.1, -0.05) is 49.4 Å². The van der Waals surface area contributed by atoms with Gasteiger partial charge in [-0.2, -0.15) is 0 Å². The Balaban J connectivity index is 0.00000176. The monoisotopic (exact) mass is 315 g/mol. The van der Waals surface area contributed by atoms with Crippen LogP contribution in [0.2, 0.25) is 0 Å². The number of aromatic nitrogens is 2. The molecule has 0 amide bonds. The molecule has 0 bridgehead atoms. The van der Waals surface area contributed by atoms with Crippen molar-refractivity contribution >= 4 is 23.4 Å². The van der Waals surface area contributed by atoms with E-state index in [1.165, 1.54) is 11.1 Å². The number of nitrogens with zero attached hydrogens (tertiary/aromatic N) is 2. The van der Waals surface area contributed by atoms with E-state index >= 15 is 0 Å². The van der Waals surface area contributed by atoms with Crippen LogP contribution in [0, 0.1) is 0 Å². The molecule has 22 heavy (non-hydrogen) atoms. The van der Waals surface area contributed by atoms with Crippen molar-refractivity contribution in [2.75, 3.05) is 0 Å². The van der Waals surface area contributed by atoms with E-state index in [0.717, 1.165) is 30.7 Å². The van der Waals surface area contributed by atoms with Crippen LogP contribution >= 0.6 is 12.4 Å². The van der Waals surface area contributed by atoms with E-state index in [1.54, 1.807) is 0 Å². The first-order valence-corrected chi connectivity index (χ1v) is 7.51. The molecule has 0 radical (unpaired) electrons. The minimum absolute atomic E-state index is 0. The van der Waals surface area contributed by atoms with Crippen molar-refractivity contribution in [3.05, 3.63) is 66.0 Å². The van der Waals surface area contributed by atoms with Crippen LogP contribution in [0.15, 0.2) is 54.6 Å². The van der Waals surface area contributed by atoms with Gasteiger partial charge in [-0.25, -0.2) is 4.98 Å². The summed E-state index contributed by atoms with van der Waals surface area (Å²) < 4.78 is 2.29. The summed E-state index contributed by atoms with van der Waals surface area (Å²) >= 11 is 0. The molecule has 1 unspecified atom stereocenters. The average molecular weight is 316 g/mol. The van der Waals surface area contributed by atoms with Crippen LogP contribution in [0.3, 0.4) is 0 Å². The van der Waals surface area contributed by atoms with Crippen molar-refractivity contribution in [2.24, 2.45) is 5.73 Å². The highest BCUT2D eigenvalue weighted by molar-refractivity contribution is 5.85. The van der Waals surface area contributed by atoms with Crippen LogP contribution in [0.1, 0.15) is 24.7 Å². The Morgan fingerprint density at radius 3 is 2.45 bits per heavy atom. The molecule has 1 heterocycles. The van der Waals surface area contributed by atoms with Gasteiger partial charge < -0.3 is 10.3 Å². The normalized spacial score (nSPS) is 12.1. The van der Waals surface area contributed by atoms with Gasteiger partial charge in [-0.3, -0.25) is 0 Å². The number of imidazole rings is 1. The van der Waals surface area contributed by atoms with Crippen LogP contribution in [-0.4, -0.2) is 15.6 Å². The van der Waals surface area contributed by atoms with Crippen molar-refractivity contribution in [2.45, 2.75) is 32.4 Å². The molecular formula is C18H22ClN3. The Kier molecular flexibility index (Phi) is 5.58. The van der Waals surface area contributed by atoms with E-state index < -0.39 is 0 Å². The molecule has 0 spiro atoms. The molecule has 3 aromatic rings. The Morgan fingerprint density at radius 2 is 1.73 bits per heavy atom. The molecule has 0 saturated heterocycles. The van der Waals surface area contributed by atoms with E-state index in [-0.39, 0.29) is 18.4 Å². The lowest BCUT2D eigenvalue weighted by Gasteiger charge is -2.12. The largest absolute Gasteiger partial charge is 0.327 e. The molecular weight excluding hydrogens is 294 g/mol. The lowest BCUT2D eigenvalue weighted by atomic mass is 10.1. The summed E-state index contributed by atoms with van der Waals surface area (Å²) in [6.07, 6.45) is 1.78. The fraction of sp³-hybridized carbons (Fsp3) is 0.278. The average Bonchev–Trinajstić information content (AvgIpc) is 2.86. The topological polar surface area (TPSA) is 43.8 Å². The van der Waals surface area contributed by atoms with Crippen LogP contribution in [0.5, 0.6) is 0 Å². The van der Waals surface area contributed by atoms with Gasteiger partial charge in [0.1, 0.15) is 5.82 Å². The Morgan fingerprint density at radius 1 is 1.05 bits per heavy atom. The molecule has 0 aliphatic carbocycles. The molecule has 0 fully saturated rings. The van der Waals surface area contributed by atoms with Crippen molar-refractivity contribution in [3.8, 4) is 0 Å². The standard InChI is InChI=1S/C18H21N3.ClH/c1-2-15(19)12-18-20-16-10-6-7-11-17(16)21(18)13-14-8-4-3-5-9-14;/h3-11,15H,2,12-13,19H2,1H3;1H. The number of rotatable bonds is 5. The van der Waals surface area contributed by atoms with Gasteiger partial charge in [-0.05, 0) is 24.1 Å². The Hall–Kier alpha value is -1.84. The third-order valence-electron chi connectivity index (χ3n) is 3.89. The van der Waals surface area contributed by atoms with Crippen LogP contribution in [0.4, 0.5) is 0 Å². The van der Waals surface area contributed by atoms with E-state index in [9.17, 15) is 0 Å². The number of nitrogens with two attached hydrogens (primary N) is 1. The summed E-state index contributed by atoms with van der Waals surface area (Å²) in [5, 5.41) is 0. The molecule has 0 saturated carbocycles. The molecule has 1 atom stereocenters. The lowest BCUT2D eigenvalue weighted by molar-refractivity contribution is 0.602. The fourth-order valence-electron chi connectivity index (χ4n) is 2.60. The summed E-state index contributed by atoms with van der Waals surface area (Å²) in [6.45, 7) is 2.96. The zero-order chi connectivity index (χ0) is 14.7.